The normalized spacial score (nSPS) is 12.7. The van der Waals surface area contributed by atoms with E-state index in [1.165, 1.54) is 5.56 Å². The maximum absolute atomic E-state index is 11.6. The van der Waals surface area contributed by atoms with Crippen molar-refractivity contribution in [2.45, 2.75) is 26.2 Å². The van der Waals surface area contributed by atoms with Gasteiger partial charge in [0, 0.05) is 19.3 Å². The number of hydrogen-bond donors (Lipinski definition) is 1. The SMILES string of the molecule is CCNC(=O)CN(C)c1nc2c(cc1C#N)CCC2. The van der Waals surface area contributed by atoms with Crippen molar-refractivity contribution in [2.75, 3.05) is 25.0 Å². The molecule has 1 aromatic rings. The Morgan fingerprint density at radius 3 is 3.05 bits per heavy atom. The van der Waals surface area contributed by atoms with Crippen molar-refractivity contribution in [3.05, 3.63) is 22.9 Å². The van der Waals surface area contributed by atoms with Crippen LogP contribution in [-0.4, -0.2) is 31.0 Å². The van der Waals surface area contributed by atoms with E-state index in [9.17, 15) is 10.1 Å². The first-order valence-electron chi connectivity index (χ1n) is 6.56. The molecule has 1 aromatic heterocycles. The quantitative estimate of drug-likeness (QED) is 0.875. The van der Waals surface area contributed by atoms with Crippen LogP contribution in [0.5, 0.6) is 0 Å². The number of fused-ring (bicyclic) bond motifs is 1. The highest BCUT2D eigenvalue weighted by Gasteiger charge is 2.19. The summed E-state index contributed by atoms with van der Waals surface area (Å²) in [6.07, 6.45) is 3.05. The topological polar surface area (TPSA) is 69.0 Å². The second kappa shape index (κ2) is 5.70. The van der Waals surface area contributed by atoms with Crippen LogP contribution < -0.4 is 10.2 Å². The monoisotopic (exact) mass is 258 g/mol. The summed E-state index contributed by atoms with van der Waals surface area (Å²) in [5.74, 6) is 0.547. The highest BCUT2D eigenvalue weighted by atomic mass is 16.2. The highest BCUT2D eigenvalue weighted by molar-refractivity contribution is 5.81. The van der Waals surface area contributed by atoms with Crippen LogP contribution in [0, 0.1) is 11.3 Å². The van der Waals surface area contributed by atoms with E-state index < -0.39 is 0 Å². The van der Waals surface area contributed by atoms with E-state index in [-0.39, 0.29) is 12.5 Å². The van der Waals surface area contributed by atoms with Gasteiger partial charge < -0.3 is 10.2 Å². The molecule has 0 unspecified atom stereocenters. The van der Waals surface area contributed by atoms with Gasteiger partial charge in [-0.2, -0.15) is 5.26 Å². The predicted molar refractivity (Wildman–Crippen MR) is 72.9 cm³/mol. The van der Waals surface area contributed by atoms with E-state index in [2.05, 4.69) is 16.4 Å². The zero-order chi connectivity index (χ0) is 13.8. The molecule has 5 heteroatoms. The van der Waals surface area contributed by atoms with E-state index in [0.717, 1.165) is 25.0 Å². The van der Waals surface area contributed by atoms with E-state index >= 15 is 0 Å². The summed E-state index contributed by atoms with van der Waals surface area (Å²) in [5, 5.41) is 12.0. The van der Waals surface area contributed by atoms with Gasteiger partial charge >= 0.3 is 0 Å². The van der Waals surface area contributed by atoms with E-state index in [4.69, 9.17) is 0 Å². The number of aromatic nitrogens is 1. The maximum atomic E-state index is 11.6. The van der Waals surface area contributed by atoms with Gasteiger partial charge in [-0.15, -0.1) is 0 Å². The number of nitrogens with one attached hydrogen (secondary N) is 1. The van der Waals surface area contributed by atoms with Gasteiger partial charge in [-0.05, 0) is 37.8 Å². The fourth-order valence-corrected chi connectivity index (χ4v) is 2.38. The largest absolute Gasteiger partial charge is 0.355 e. The number of amides is 1. The first-order chi connectivity index (χ1) is 9.15. The third kappa shape index (κ3) is 2.84. The van der Waals surface area contributed by atoms with Crippen molar-refractivity contribution in [1.82, 2.24) is 10.3 Å². The van der Waals surface area contributed by atoms with Crippen molar-refractivity contribution in [3.63, 3.8) is 0 Å². The average Bonchev–Trinajstić information content (AvgIpc) is 2.84. The Hall–Kier alpha value is -2.09. The van der Waals surface area contributed by atoms with Crippen LogP contribution >= 0.6 is 0 Å². The third-order valence-electron chi connectivity index (χ3n) is 3.27. The van der Waals surface area contributed by atoms with Gasteiger partial charge in [-0.1, -0.05) is 0 Å². The number of aryl methyl sites for hydroxylation is 2. The molecule has 1 aliphatic carbocycles. The molecular weight excluding hydrogens is 240 g/mol. The molecule has 0 bridgehead atoms. The minimum atomic E-state index is -0.0591. The van der Waals surface area contributed by atoms with Crippen LogP contribution in [-0.2, 0) is 17.6 Å². The summed E-state index contributed by atoms with van der Waals surface area (Å²) in [7, 11) is 1.79. The number of nitriles is 1. The Labute approximate surface area is 113 Å². The molecule has 1 heterocycles. The van der Waals surface area contributed by atoms with Gasteiger partial charge in [0.2, 0.25) is 5.91 Å². The van der Waals surface area contributed by atoms with Gasteiger partial charge in [-0.3, -0.25) is 4.79 Å². The Kier molecular flexibility index (Phi) is 4.00. The fraction of sp³-hybridized carbons (Fsp3) is 0.500. The molecule has 0 atom stereocenters. The Bertz CT molecular complexity index is 533. The molecule has 0 radical (unpaired) electrons. The van der Waals surface area contributed by atoms with Crippen LogP contribution in [0.4, 0.5) is 5.82 Å². The molecule has 0 spiro atoms. The van der Waals surface area contributed by atoms with Crippen LogP contribution in [0.15, 0.2) is 6.07 Å². The number of carbonyl (C=O) groups is 1. The molecule has 5 nitrogen and oxygen atoms in total. The van der Waals surface area contributed by atoms with Gasteiger partial charge in [0.05, 0.1) is 12.1 Å². The zero-order valence-electron chi connectivity index (χ0n) is 11.4. The summed E-state index contributed by atoms with van der Waals surface area (Å²) < 4.78 is 0. The smallest absolute Gasteiger partial charge is 0.239 e. The van der Waals surface area contributed by atoms with Crippen molar-refractivity contribution >= 4 is 11.7 Å². The number of carbonyl (C=O) groups excluding carboxylic acids is 1. The second-order valence-corrected chi connectivity index (χ2v) is 4.74. The molecule has 1 N–H and O–H groups in total. The lowest BCUT2D eigenvalue weighted by molar-refractivity contribution is -0.119. The van der Waals surface area contributed by atoms with E-state index in [0.29, 0.717) is 17.9 Å². The first-order valence-corrected chi connectivity index (χ1v) is 6.56. The first kappa shape index (κ1) is 13.3. The Morgan fingerprint density at radius 2 is 2.37 bits per heavy atom. The minimum absolute atomic E-state index is 0.0591. The molecule has 0 saturated carbocycles. The standard InChI is InChI=1S/C14H18N4O/c1-3-16-13(19)9-18(2)14-11(8-15)7-10-5-4-6-12(10)17-14/h7H,3-6,9H2,1-2H3,(H,16,19). The predicted octanol–water partition coefficient (Wildman–Crippen LogP) is 1.01. The molecular formula is C14H18N4O. The number of anilines is 1. The second-order valence-electron chi connectivity index (χ2n) is 4.74. The lowest BCUT2D eigenvalue weighted by atomic mass is 10.1. The lowest BCUT2D eigenvalue weighted by Gasteiger charge is -2.19. The number of nitrogens with zero attached hydrogens (tertiary/aromatic N) is 3. The molecule has 19 heavy (non-hydrogen) atoms. The van der Waals surface area contributed by atoms with Gasteiger partial charge in [0.15, 0.2) is 0 Å². The summed E-state index contributed by atoms with van der Waals surface area (Å²) in [5.41, 5.74) is 2.79. The molecule has 0 aliphatic heterocycles. The van der Waals surface area contributed by atoms with E-state index in [1.807, 2.05) is 13.0 Å². The lowest BCUT2D eigenvalue weighted by Crippen LogP contribution is -2.35. The molecule has 0 saturated heterocycles. The van der Waals surface area contributed by atoms with Crippen LogP contribution in [0.3, 0.4) is 0 Å². The highest BCUT2D eigenvalue weighted by Crippen LogP contribution is 2.26. The van der Waals surface area contributed by atoms with E-state index in [1.54, 1.807) is 11.9 Å². The zero-order valence-corrected chi connectivity index (χ0v) is 11.4. The van der Waals surface area contributed by atoms with Gasteiger partial charge in [-0.25, -0.2) is 4.98 Å². The average molecular weight is 258 g/mol. The minimum Gasteiger partial charge on any atom is -0.355 e. The summed E-state index contributed by atoms with van der Waals surface area (Å²) in [6.45, 7) is 2.70. The molecule has 0 aromatic carbocycles. The summed E-state index contributed by atoms with van der Waals surface area (Å²) in [4.78, 5) is 17.9. The van der Waals surface area contributed by atoms with Crippen LogP contribution in [0.2, 0.25) is 0 Å². The van der Waals surface area contributed by atoms with Crippen LogP contribution in [0.25, 0.3) is 0 Å². The number of likely N-dealkylation sites (N-methyl/N-ethyl adjacent to an activating group) is 2. The van der Waals surface area contributed by atoms with Crippen molar-refractivity contribution in [3.8, 4) is 6.07 Å². The summed E-state index contributed by atoms with van der Waals surface area (Å²) in [6, 6.07) is 4.09. The Morgan fingerprint density at radius 1 is 1.58 bits per heavy atom. The summed E-state index contributed by atoms with van der Waals surface area (Å²) >= 11 is 0. The molecule has 100 valence electrons. The number of rotatable bonds is 4. The van der Waals surface area contributed by atoms with Crippen molar-refractivity contribution in [1.29, 1.82) is 5.26 Å². The van der Waals surface area contributed by atoms with Crippen molar-refractivity contribution in [2.24, 2.45) is 0 Å². The molecule has 1 amide bonds. The third-order valence-corrected chi connectivity index (χ3v) is 3.27. The number of hydrogen-bond acceptors (Lipinski definition) is 4. The molecule has 2 rings (SSSR count). The van der Waals surface area contributed by atoms with Gasteiger partial charge in [0.25, 0.3) is 0 Å². The number of pyridine rings is 1. The van der Waals surface area contributed by atoms with Crippen LogP contribution in [0.1, 0.15) is 30.2 Å². The van der Waals surface area contributed by atoms with Gasteiger partial charge in [0.1, 0.15) is 11.9 Å². The maximum Gasteiger partial charge on any atom is 0.239 e. The fourth-order valence-electron chi connectivity index (χ4n) is 2.38. The molecule has 1 aliphatic rings. The molecule has 0 fully saturated rings. The van der Waals surface area contributed by atoms with Crippen molar-refractivity contribution < 1.29 is 4.79 Å². The Balaban J connectivity index is 2.24.